The molecular formula is C17H15N7. The second-order valence-corrected chi connectivity index (χ2v) is 6.33. The van der Waals surface area contributed by atoms with E-state index in [1.165, 1.54) is 6.33 Å². The van der Waals surface area contributed by atoms with Gasteiger partial charge in [0.2, 0.25) is 0 Å². The van der Waals surface area contributed by atoms with Crippen molar-refractivity contribution in [3.05, 3.63) is 31.0 Å². The van der Waals surface area contributed by atoms with Gasteiger partial charge in [-0.05, 0) is 24.8 Å². The molecule has 1 fully saturated rings. The van der Waals surface area contributed by atoms with E-state index >= 15 is 0 Å². The Morgan fingerprint density at radius 1 is 1.29 bits per heavy atom. The molecule has 4 rings (SSSR count). The molecule has 3 aromatic rings. The van der Waals surface area contributed by atoms with Crippen LogP contribution in [0, 0.1) is 28.6 Å². The number of hydrogen-bond acceptors (Lipinski definition) is 5. The van der Waals surface area contributed by atoms with Crippen LogP contribution in [0.1, 0.15) is 25.7 Å². The maximum atomic E-state index is 9.20. The molecule has 0 unspecified atom stereocenters. The van der Waals surface area contributed by atoms with Gasteiger partial charge in [0.05, 0.1) is 36.0 Å². The fourth-order valence-corrected chi connectivity index (χ4v) is 3.65. The molecule has 0 radical (unpaired) electrons. The van der Waals surface area contributed by atoms with Gasteiger partial charge in [0.1, 0.15) is 12.0 Å². The summed E-state index contributed by atoms with van der Waals surface area (Å²) in [5.74, 6) is 0.353. The molecule has 0 bridgehead atoms. The van der Waals surface area contributed by atoms with Crippen molar-refractivity contribution < 1.29 is 0 Å². The molecule has 0 aliphatic heterocycles. The number of aromatic amines is 1. The molecule has 1 aliphatic carbocycles. The standard InChI is InChI=1S/C17H15N7/c18-4-1-12-7-17(8-12,3-5-19)24-10-13(9-23-24)15-14-2-6-20-16(14)22-11-21-15/h2,6,9-12H,1,3,7-8H2,(H,20,21,22). The topological polar surface area (TPSA) is 107 Å². The Hall–Kier alpha value is -3.19. The number of rotatable bonds is 4. The van der Waals surface area contributed by atoms with Crippen molar-refractivity contribution in [2.24, 2.45) is 5.92 Å². The molecule has 7 nitrogen and oxygen atoms in total. The lowest BCUT2D eigenvalue weighted by molar-refractivity contribution is 0.0599. The Bertz CT molecular complexity index is 963. The second kappa shape index (κ2) is 5.47. The van der Waals surface area contributed by atoms with Crippen molar-refractivity contribution in [2.45, 2.75) is 31.2 Å². The first-order chi connectivity index (χ1) is 11.8. The van der Waals surface area contributed by atoms with Crippen molar-refractivity contribution in [1.82, 2.24) is 24.7 Å². The lowest BCUT2D eigenvalue weighted by atomic mass is 9.66. The van der Waals surface area contributed by atoms with Gasteiger partial charge < -0.3 is 4.98 Å². The average Bonchev–Trinajstić information content (AvgIpc) is 3.21. The van der Waals surface area contributed by atoms with E-state index < -0.39 is 0 Å². The highest BCUT2D eigenvalue weighted by Gasteiger charge is 2.46. The summed E-state index contributed by atoms with van der Waals surface area (Å²) >= 11 is 0. The van der Waals surface area contributed by atoms with Crippen LogP contribution >= 0.6 is 0 Å². The molecule has 1 saturated carbocycles. The third-order valence-corrected chi connectivity index (χ3v) is 4.82. The SMILES string of the molecule is N#CCC1CC(CC#N)(n2cc(-c3ncnc4[nH]ccc34)cn2)C1. The lowest BCUT2D eigenvalue weighted by Gasteiger charge is -2.45. The zero-order chi connectivity index (χ0) is 16.6. The summed E-state index contributed by atoms with van der Waals surface area (Å²) in [6.07, 6.45) is 9.68. The Morgan fingerprint density at radius 2 is 2.17 bits per heavy atom. The van der Waals surface area contributed by atoms with Crippen molar-refractivity contribution in [1.29, 1.82) is 10.5 Å². The summed E-state index contributed by atoms with van der Waals surface area (Å²) in [4.78, 5) is 11.7. The van der Waals surface area contributed by atoms with E-state index in [-0.39, 0.29) is 5.54 Å². The van der Waals surface area contributed by atoms with Gasteiger partial charge in [0, 0.05) is 29.8 Å². The number of H-pyrrole nitrogens is 1. The van der Waals surface area contributed by atoms with Crippen molar-refractivity contribution >= 4 is 11.0 Å². The molecule has 24 heavy (non-hydrogen) atoms. The minimum atomic E-state index is -0.293. The smallest absolute Gasteiger partial charge is 0.141 e. The predicted octanol–water partition coefficient (Wildman–Crippen LogP) is 2.75. The largest absolute Gasteiger partial charge is 0.346 e. The van der Waals surface area contributed by atoms with Gasteiger partial charge in [0.15, 0.2) is 0 Å². The van der Waals surface area contributed by atoms with E-state index in [1.807, 2.05) is 23.1 Å². The number of fused-ring (bicyclic) bond motifs is 1. The molecule has 0 saturated heterocycles. The van der Waals surface area contributed by atoms with Gasteiger partial charge in [-0.15, -0.1) is 0 Å². The Kier molecular flexibility index (Phi) is 3.28. The first-order valence-corrected chi connectivity index (χ1v) is 7.83. The summed E-state index contributed by atoms with van der Waals surface area (Å²) in [6, 6.07) is 6.43. The molecule has 7 heteroatoms. The van der Waals surface area contributed by atoms with E-state index in [2.05, 4.69) is 32.2 Å². The van der Waals surface area contributed by atoms with Crippen LogP contribution in [0.5, 0.6) is 0 Å². The molecule has 1 aliphatic rings. The molecule has 0 aromatic carbocycles. The van der Waals surface area contributed by atoms with Gasteiger partial charge in [-0.2, -0.15) is 15.6 Å². The zero-order valence-electron chi connectivity index (χ0n) is 13.0. The summed E-state index contributed by atoms with van der Waals surface area (Å²) in [6.45, 7) is 0. The number of nitrogens with one attached hydrogen (secondary N) is 1. The number of hydrogen-bond donors (Lipinski definition) is 1. The second-order valence-electron chi connectivity index (χ2n) is 6.33. The molecule has 1 N–H and O–H groups in total. The van der Waals surface area contributed by atoms with E-state index in [4.69, 9.17) is 5.26 Å². The number of nitrogens with zero attached hydrogens (tertiary/aromatic N) is 6. The Balaban J connectivity index is 1.69. The van der Waals surface area contributed by atoms with Crippen LogP contribution < -0.4 is 0 Å². The van der Waals surface area contributed by atoms with Crippen LogP contribution in [-0.4, -0.2) is 24.7 Å². The summed E-state index contributed by atoms with van der Waals surface area (Å²) in [7, 11) is 0. The number of aromatic nitrogens is 5. The quantitative estimate of drug-likeness (QED) is 0.796. The van der Waals surface area contributed by atoms with Gasteiger partial charge in [-0.1, -0.05) is 0 Å². The minimum Gasteiger partial charge on any atom is -0.346 e. The first-order valence-electron chi connectivity index (χ1n) is 7.83. The van der Waals surface area contributed by atoms with Gasteiger partial charge >= 0.3 is 0 Å². The third-order valence-electron chi connectivity index (χ3n) is 4.82. The van der Waals surface area contributed by atoms with Gasteiger partial charge in [0.25, 0.3) is 0 Å². The summed E-state index contributed by atoms with van der Waals surface area (Å²) in [5.41, 5.74) is 2.23. The fraction of sp³-hybridized carbons (Fsp3) is 0.353. The van der Waals surface area contributed by atoms with Crippen molar-refractivity contribution in [2.75, 3.05) is 0 Å². The van der Waals surface area contributed by atoms with E-state index in [9.17, 15) is 5.26 Å². The highest BCUT2D eigenvalue weighted by Crippen LogP contribution is 2.47. The molecule has 3 aromatic heterocycles. The van der Waals surface area contributed by atoms with Crippen molar-refractivity contribution in [3.8, 4) is 23.4 Å². The minimum absolute atomic E-state index is 0.293. The summed E-state index contributed by atoms with van der Waals surface area (Å²) in [5, 5.41) is 23.5. The molecule has 118 valence electrons. The first kappa shape index (κ1) is 14.4. The maximum absolute atomic E-state index is 9.20. The van der Waals surface area contributed by atoms with Crippen LogP contribution in [0.15, 0.2) is 31.0 Å². The van der Waals surface area contributed by atoms with Crippen LogP contribution in [0.25, 0.3) is 22.3 Å². The van der Waals surface area contributed by atoms with E-state index in [0.29, 0.717) is 18.8 Å². The van der Waals surface area contributed by atoms with Crippen LogP contribution in [0.3, 0.4) is 0 Å². The Morgan fingerprint density at radius 3 is 2.96 bits per heavy atom. The van der Waals surface area contributed by atoms with Crippen LogP contribution in [0.4, 0.5) is 0 Å². The summed E-state index contributed by atoms with van der Waals surface area (Å²) < 4.78 is 1.89. The van der Waals surface area contributed by atoms with Crippen molar-refractivity contribution in [3.63, 3.8) is 0 Å². The zero-order valence-corrected chi connectivity index (χ0v) is 13.0. The third kappa shape index (κ3) is 2.14. The fourth-order valence-electron chi connectivity index (χ4n) is 3.65. The van der Waals surface area contributed by atoms with Crippen LogP contribution in [-0.2, 0) is 5.54 Å². The Labute approximate surface area is 138 Å². The molecular weight excluding hydrogens is 302 g/mol. The number of nitriles is 2. The molecule has 3 heterocycles. The average molecular weight is 317 g/mol. The highest BCUT2D eigenvalue weighted by atomic mass is 15.3. The van der Waals surface area contributed by atoms with Crippen LogP contribution in [0.2, 0.25) is 0 Å². The van der Waals surface area contributed by atoms with E-state index in [0.717, 1.165) is 35.1 Å². The molecule has 0 amide bonds. The van der Waals surface area contributed by atoms with E-state index in [1.54, 1.807) is 6.20 Å². The van der Waals surface area contributed by atoms with Gasteiger partial charge in [-0.3, -0.25) is 4.68 Å². The van der Waals surface area contributed by atoms with Gasteiger partial charge in [-0.25, -0.2) is 9.97 Å². The maximum Gasteiger partial charge on any atom is 0.141 e. The predicted molar refractivity (Wildman–Crippen MR) is 86.3 cm³/mol. The normalized spacial score (nSPS) is 22.7. The molecule has 0 atom stereocenters. The lowest BCUT2D eigenvalue weighted by Crippen LogP contribution is -2.46. The monoisotopic (exact) mass is 317 g/mol. The molecule has 0 spiro atoms. The highest BCUT2D eigenvalue weighted by molar-refractivity contribution is 5.89.